The Morgan fingerprint density at radius 1 is 1.83 bits per heavy atom. The molecule has 0 spiro atoms. The van der Waals surface area contributed by atoms with Gasteiger partial charge in [-0.25, -0.2) is 0 Å². The van der Waals surface area contributed by atoms with Crippen LogP contribution in [-0.4, -0.2) is 0 Å². The highest BCUT2D eigenvalue weighted by atomic mass is 17.0. The van der Waals surface area contributed by atoms with Gasteiger partial charge in [-0.05, 0) is 0 Å². The Labute approximate surface area is 33.7 Å². The molecule has 0 unspecified atom stereocenters. The quantitative estimate of drug-likeness (QED) is 0.435. The van der Waals surface area contributed by atoms with Gasteiger partial charge in [0.2, 0.25) is 6.26 Å². The van der Waals surface area contributed by atoms with Crippen LogP contribution in [-0.2, 0) is 0 Å². The summed E-state index contributed by atoms with van der Waals surface area (Å²) in [4.78, 5) is 0. The maximum atomic E-state index is 7.86. The van der Waals surface area contributed by atoms with Gasteiger partial charge < -0.3 is 0 Å². The molecule has 1 rings (SSSR count). The van der Waals surface area contributed by atoms with Crippen molar-refractivity contribution in [3.63, 3.8) is 0 Å². The Morgan fingerprint density at radius 2 is 2.50 bits per heavy atom. The molecule has 0 aliphatic carbocycles. The molecule has 0 radical (unpaired) electrons. The Balaban J connectivity index is 2.83. The normalized spacial score (nSPS) is 7.83. The Morgan fingerprint density at radius 3 is 2.50 bits per heavy atom. The second-order valence-corrected chi connectivity index (χ2v) is 0.773. The van der Waals surface area contributed by atoms with Gasteiger partial charge in [-0.15, -0.1) is 0 Å². The summed E-state index contributed by atoms with van der Waals surface area (Å²) in [5.74, 6) is 0.231. The average molecular weight is 83.0 g/mol. The van der Waals surface area contributed by atoms with Crippen molar-refractivity contribution in [1.29, 1.82) is 5.26 Å². The van der Waals surface area contributed by atoms with Crippen molar-refractivity contribution >= 4 is 0 Å². The summed E-state index contributed by atoms with van der Waals surface area (Å²) in [6.45, 7) is 0. The highest BCUT2D eigenvalue weighted by Crippen LogP contribution is 1.96. The van der Waals surface area contributed by atoms with Crippen LogP contribution in [0.5, 0.6) is 0 Å². The van der Waals surface area contributed by atoms with Crippen LogP contribution >= 0.6 is 0 Å². The average Bonchev–Trinajstić information content (AvgIpc) is 1.31. The van der Waals surface area contributed by atoms with Crippen LogP contribution in [0.1, 0.15) is 5.76 Å². The van der Waals surface area contributed by atoms with E-state index in [9.17, 15) is 0 Å². The van der Waals surface area contributed by atoms with Crippen molar-refractivity contribution in [3.8, 4) is 6.07 Å². The van der Waals surface area contributed by atoms with E-state index in [-0.39, 0.29) is 5.76 Å². The van der Waals surface area contributed by atoms with E-state index in [4.69, 9.17) is 5.26 Å². The predicted octanol–water partition coefficient (Wildman–Crippen LogP) is 0.744. The van der Waals surface area contributed by atoms with Gasteiger partial charge in [-0.1, -0.05) is 0 Å². The number of hydrogen-bond donors (Lipinski definition) is 0. The summed E-state index contributed by atoms with van der Waals surface area (Å²) >= 11 is 0. The first kappa shape index (κ1) is 3.04. The minimum atomic E-state index is 0.231. The summed E-state index contributed by atoms with van der Waals surface area (Å²) in [6, 6.07) is 1.72. The molecule has 30 valence electrons. The molecule has 0 N–H and O–H groups in total. The molecule has 3 heteroatoms. The number of hydrogen-bond acceptors (Lipinski definition) is 3. The van der Waals surface area contributed by atoms with Gasteiger partial charge in [-0.2, -0.15) is 5.26 Å². The summed E-state index contributed by atoms with van der Waals surface area (Å²) < 4.78 is 8.12. The number of rotatable bonds is 0. The first-order valence-electron chi connectivity index (χ1n) is 1.37. The van der Waals surface area contributed by atoms with Crippen molar-refractivity contribution < 1.29 is 9.15 Å². The standard InChI is InChI=1S/C3HNO2/c4-1-3-2-5-6-3/h2H. The molecule has 0 fully saturated rings. The maximum Gasteiger partial charge on any atom is 0.294 e. The highest BCUT2D eigenvalue weighted by molar-refractivity contribution is 5.07. The van der Waals surface area contributed by atoms with Gasteiger partial charge in [0.1, 0.15) is 6.07 Å². The Kier molecular flexibility index (Phi) is 0.457. The van der Waals surface area contributed by atoms with E-state index < -0.39 is 0 Å². The zero-order valence-electron chi connectivity index (χ0n) is 2.84. The van der Waals surface area contributed by atoms with E-state index in [2.05, 4.69) is 9.15 Å². The first-order valence-corrected chi connectivity index (χ1v) is 1.37. The molecule has 6 heavy (non-hydrogen) atoms. The van der Waals surface area contributed by atoms with Crippen molar-refractivity contribution in [3.05, 3.63) is 12.0 Å². The van der Waals surface area contributed by atoms with E-state index in [0.29, 0.717) is 0 Å². The van der Waals surface area contributed by atoms with Gasteiger partial charge >= 0.3 is 0 Å². The van der Waals surface area contributed by atoms with E-state index in [0.717, 1.165) is 0 Å². The third-order valence-electron chi connectivity index (χ3n) is 0.403. The maximum absolute atomic E-state index is 7.86. The lowest BCUT2D eigenvalue weighted by Gasteiger charge is -1.81. The van der Waals surface area contributed by atoms with Gasteiger partial charge in [0.25, 0.3) is 5.76 Å². The summed E-state index contributed by atoms with van der Waals surface area (Å²) in [5.41, 5.74) is 0. The third kappa shape index (κ3) is 0.203. The minimum Gasteiger partial charge on any atom is -0.292 e. The third-order valence-corrected chi connectivity index (χ3v) is 0.403. The van der Waals surface area contributed by atoms with Crippen LogP contribution in [0.3, 0.4) is 0 Å². The molecule has 0 bridgehead atoms. The largest absolute Gasteiger partial charge is 0.294 e. The predicted molar refractivity (Wildman–Crippen MR) is 15.7 cm³/mol. The lowest BCUT2D eigenvalue weighted by Crippen LogP contribution is -1.70. The molecule has 1 aromatic heterocycles. The lowest BCUT2D eigenvalue weighted by molar-refractivity contribution is -0.00446. The molecule has 1 aromatic rings. The Hall–Kier alpha value is -1.17. The fourth-order valence-electron chi connectivity index (χ4n) is 0.141. The first-order chi connectivity index (χ1) is 2.93. The molecule has 1 heterocycles. The minimum absolute atomic E-state index is 0.231. The fraction of sp³-hybridized carbons (Fsp3) is 0. The zero-order valence-corrected chi connectivity index (χ0v) is 2.84. The molecule has 0 aliphatic rings. The van der Waals surface area contributed by atoms with Gasteiger partial charge in [0, 0.05) is 0 Å². The molecule has 0 saturated heterocycles. The van der Waals surface area contributed by atoms with Crippen LogP contribution in [0.2, 0.25) is 0 Å². The zero-order chi connectivity index (χ0) is 4.41. The van der Waals surface area contributed by atoms with Gasteiger partial charge in [0.05, 0.1) is 0 Å². The molecule has 0 atom stereocenters. The van der Waals surface area contributed by atoms with Crippen LogP contribution in [0, 0.1) is 11.3 Å². The van der Waals surface area contributed by atoms with Crippen LogP contribution in [0.4, 0.5) is 0 Å². The van der Waals surface area contributed by atoms with Gasteiger partial charge in [-0.3, -0.25) is 9.15 Å². The fourth-order valence-corrected chi connectivity index (χ4v) is 0.141. The molecule has 0 aliphatic heterocycles. The highest BCUT2D eigenvalue weighted by Gasteiger charge is 1.92. The van der Waals surface area contributed by atoms with E-state index in [1.807, 2.05) is 0 Å². The molecule has 0 amide bonds. The van der Waals surface area contributed by atoms with Crippen LogP contribution < -0.4 is 0 Å². The summed E-state index contributed by atoms with van der Waals surface area (Å²) in [7, 11) is 0. The topological polar surface area (TPSA) is 50.1 Å². The molecular formula is C3HNO2. The summed E-state index contributed by atoms with van der Waals surface area (Å²) in [5, 5.41) is 7.86. The number of nitriles is 1. The van der Waals surface area contributed by atoms with Crippen molar-refractivity contribution in [2.75, 3.05) is 0 Å². The SMILES string of the molecule is N#Cc1coo1. The van der Waals surface area contributed by atoms with Crippen LogP contribution in [0.25, 0.3) is 0 Å². The molecule has 3 nitrogen and oxygen atoms in total. The Bertz CT molecular complexity index is 147. The van der Waals surface area contributed by atoms with E-state index in [1.165, 1.54) is 6.26 Å². The second kappa shape index (κ2) is 0.902. The lowest BCUT2D eigenvalue weighted by atomic mass is 10.6. The smallest absolute Gasteiger partial charge is 0.292 e. The van der Waals surface area contributed by atoms with Crippen molar-refractivity contribution in [2.45, 2.75) is 0 Å². The summed E-state index contributed by atoms with van der Waals surface area (Å²) in [6.07, 6.45) is 1.24. The van der Waals surface area contributed by atoms with Crippen molar-refractivity contribution in [2.24, 2.45) is 0 Å². The molecule has 0 saturated carbocycles. The number of nitrogens with zero attached hydrogens (tertiary/aromatic N) is 1. The molecule has 0 aromatic carbocycles. The van der Waals surface area contributed by atoms with Crippen LogP contribution in [0.15, 0.2) is 15.4 Å². The molecular weight excluding hydrogens is 82.0 g/mol. The van der Waals surface area contributed by atoms with Gasteiger partial charge in [0.15, 0.2) is 0 Å². The van der Waals surface area contributed by atoms with E-state index in [1.54, 1.807) is 6.07 Å². The second-order valence-electron chi connectivity index (χ2n) is 0.773. The van der Waals surface area contributed by atoms with E-state index >= 15 is 0 Å². The monoisotopic (exact) mass is 83.0 g/mol. The van der Waals surface area contributed by atoms with Crippen molar-refractivity contribution in [1.82, 2.24) is 0 Å².